The third kappa shape index (κ3) is 1.50. The summed E-state index contributed by atoms with van der Waals surface area (Å²) >= 11 is 0. The van der Waals surface area contributed by atoms with Gasteiger partial charge < -0.3 is 20.4 Å². The molecule has 0 amide bonds. The Kier molecular flexibility index (Phi) is 3.42. The van der Waals surface area contributed by atoms with Crippen molar-refractivity contribution in [3.05, 3.63) is 20.2 Å². The van der Waals surface area contributed by atoms with Crippen molar-refractivity contribution in [2.45, 2.75) is 11.4 Å². The largest absolute Gasteiger partial charge is 0.444 e. The van der Waals surface area contributed by atoms with Crippen LogP contribution in [0, 0.1) is 20.2 Å². The summed E-state index contributed by atoms with van der Waals surface area (Å²) in [5.74, 6) is 0. The van der Waals surface area contributed by atoms with Gasteiger partial charge in [-0.3, -0.25) is 20.2 Å². The molecule has 10 nitrogen and oxygen atoms in total. The van der Waals surface area contributed by atoms with Crippen LogP contribution in [0.3, 0.4) is 0 Å². The molecule has 0 unspecified atom stereocenters. The number of hydrogen-bond acceptors (Lipinski definition) is 8. The molecular formula is C4H8N2O8. The predicted octanol–water partition coefficient (Wildman–Crippen LogP) is -3.10. The average molecular weight is 212 g/mol. The summed E-state index contributed by atoms with van der Waals surface area (Å²) in [6, 6.07) is 0. The molecule has 0 aliphatic heterocycles. The summed E-state index contributed by atoms with van der Waals surface area (Å²) in [5, 5.41) is 55.1. The van der Waals surface area contributed by atoms with Gasteiger partial charge in [0.15, 0.2) is 13.2 Å². The molecule has 0 aromatic heterocycles. The molecule has 0 spiro atoms. The van der Waals surface area contributed by atoms with E-state index in [4.69, 9.17) is 20.4 Å². The van der Waals surface area contributed by atoms with Crippen molar-refractivity contribution >= 4 is 0 Å². The Balaban J connectivity index is 5.37. The Labute approximate surface area is 76.3 Å². The van der Waals surface area contributed by atoms with E-state index in [1.54, 1.807) is 0 Å². The van der Waals surface area contributed by atoms with E-state index in [0.717, 1.165) is 0 Å². The molecule has 0 saturated carbocycles. The van der Waals surface area contributed by atoms with Crippen LogP contribution in [0.25, 0.3) is 0 Å². The Morgan fingerprint density at radius 2 is 1.14 bits per heavy atom. The Bertz CT molecular complexity index is 230. The first-order chi connectivity index (χ1) is 6.26. The predicted molar refractivity (Wildman–Crippen MR) is 38.1 cm³/mol. The van der Waals surface area contributed by atoms with Crippen LogP contribution < -0.4 is 0 Å². The summed E-state index contributed by atoms with van der Waals surface area (Å²) in [7, 11) is 0. The molecule has 0 saturated heterocycles. The Hall–Kier alpha value is -1.36. The van der Waals surface area contributed by atoms with E-state index in [9.17, 15) is 20.2 Å². The molecule has 0 radical (unpaired) electrons. The lowest BCUT2D eigenvalue weighted by Crippen LogP contribution is -2.67. The minimum atomic E-state index is -3.65. The molecule has 0 fully saturated rings. The van der Waals surface area contributed by atoms with Crippen LogP contribution in [0.4, 0.5) is 0 Å². The van der Waals surface area contributed by atoms with Gasteiger partial charge >= 0.3 is 11.4 Å². The van der Waals surface area contributed by atoms with Crippen molar-refractivity contribution in [3.8, 4) is 0 Å². The number of aliphatic hydroxyl groups is 4. The average Bonchev–Trinajstić information content (AvgIpc) is 2.14. The van der Waals surface area contributed by atoms with Gasteiger partial charge in [-0.15, -0.1) is 0 Å². The van der Waals surface area contributed by atoms with Crippen LogP contribution in [0.2, 0.25) is 0 Å². The SMILES string of the molecule is O=[N+]([O-])[C@@](O)(CO)[C@](O)(CO)[N+](=O)[O-]. The molecule has 0 aromatic rings. The zero-order chi connectivity index (χ0) is 11.6. The maximum atomic E-state index is 10.2. The number of aliphatic hydroxyl groups excluding tert-OH is 2. The van der Waals surface area contributed by atoms with Gasteiger partial charge in [-0.05, 0) is 0 Å². The van der Waals surface area contributed by atoms with Crippen LogP contribution in [0.5, 0.6) is 0 Å². The third-order valence-corrected chi connectivity index (χ3v) is 1.69. The van der Waals surface area contributed by atoms with Gasteiger partial charge in [-0.1, -0.05) is 0 Å². The number of rotatable bonds is 5. The zero-order valence-corrected chi connectivity index (χ0v) is 6.73. The summed E-state index contributed by atoms with van der Waals surface area (Å²) in [6.45, 7) is -3.42. The summed E-state index contributed by atoms with van der Waals surface area (Å²) in [5.41, 5.74) is -7.30. The van der Waals surface area contributed by atoms with Crippen LogP contribution in [-0.4, -0.2) is 54.9 Å². The van der Waals surface area contributed by atoms with Crippen molar-refractivity contribution in [1.82, 2.24) is 0 Å². The van der Waals surface area contributed by atoms with Gasteiger partial charge in [0.05, 0.1) is 9.85 Å². The van der Waals surface area contributed by atoms with Crippen LogP contribution in [0.15, 0.2) is 0 Å². The van der Waals surface area contributed by atoms with E-state index in [1.165, 1.54) is 0 Å². The molecule has 10 heteroatoms. The number of nitrogens with zero attached hydrogens (tertiary/aromatic N) is 2. The number of hydrogen-bond donors (Lipinski definition) is 4. The fraction of sp³-hybridized carbons (Fsp3) is 1.00. The fourth-order valence-electron chi connectivity index (χ4n) is 0.661. The van der Waals surface area contributed by atoms with Gasteiger partial charge in [0.1, 0.15) is 0 Å². The first kappa shape index (κ1) is 12.6. The second-order valence-electron chi connectivity index (χ2n) is 2.46. The minimum Gasteiger partial charge on any atom is -0.386 e. The van der Waals surface area contributed by atoms with E-state index < -0.39 is 34.5 Å². The topological polar surface area (TPSA) is 167 Å². The van der Waals surface area contributed by atoms with Crippen molar-refractivity contribution in [2.75, 3.05) is 13.2 Å². The maximum absolute atomic E-state index is 10.2. The second kappa shape index (κ2) is 3.79. The standard InChI is InChI=1S/C4H8N2O8/c7-1-3(9,5(11)12)4(10,2-8)6(13)14/h7-10H,1-2H2/t3-,4-/m1/s1. The highest BCUT2D eigenvalue weighted by molar-refractivity contribution is 4.82. The van der Waals surface area contributed by atoms with Crippen molar-refractivity contribution in [1.29, 1.82) is 0 Å². The molecule has 0 bridgehead atoms. The number of nitro groups is 2. The van der Waals surface area contributed by atoms with E-state index in [1.807, 2.05) is 0 Å². The lowest BCUT2D eigenvalue weighted by Gasteiger charge is -2.25. The first-order valence-electron chi connectivity index (χ1n) is 3.21. The maximum Gasteiger partial charge on any atom is 0.444 e. The normalized spacial score (nSPS) is 19.4. The molecule has 14 heavy (non-hydrogen) atoms. The fourth-order valence-corrected chi connectivity index (χ4v) is 0.661. The highest BCUT2D eigenvalue weighted by Crippen LogP contribution is 2.23. The quantitative estimate of drug-likeness (QED) is 0.211. The van der Waals surface area contributed by atoms with Crippen LogP contribution in [0.1, 0.15) is 0 Å². The highest BCUT2D eigenvalue weighted by Gasteiger charge is 2.70. The van der Waals surface area contributed by atoms with Gasteiger partial charge in [0, 0.05) is 0 Å². The smallest absolute Gasteiger partial charge is 0.386 e. The van der Waals surface area contributed by atoms with E-state index in [2.05, 4.69) is 0 Å². The lowest BCUT2D eigenvalue weighted by atomic mass is 10.0. The van der Waals surface area contributed by atoms with E-state index >= 15 is 0 Å². The lowest BCUT2D eigenvalue weighted by molar-refractivity contribution is -0.761. The van der Waals surface area contributed by atoms with Crippen LogP contribution in [-0.2, 0) is 0 Å². The van der Waals surface area contributed by atoms with Gasteiger partial charge in [0.2, 0.25) is 0 Å². The minimum absolute atomic E-state index is 1.65. The molecule has 0 aromatic carbocycles. The van der Waals surface area contributed by atoms with Crippen molar-refractivity contribution < 1.29 is 30.3 Å². The molecule has 2 atom stereocenters. The molecule has 0 rings (SSSR count). The van der Waals surface area contributed by atoms with Crippen LogP contribution >= 0.6 is 0 Å². The van der Waals surface area contributed by atoms with Crippen molar-refractivity contribution in [2.24, 2.45) is 0 Å². The Morgan fingerprint density at radius 1 is 0.929 bits per heavy atom. The highest BCUT2D eigenvalue weighted by atomic mass is 16.7. The Morgan fingerprint density at radius 3 is 1.21 bits per heavy atom. The molecule has 0 aliphatic carbocycles. The summed E-state index contributed by atoms with van der Waals surface area (Å²) in [4.78, 5) is 17.1. The summed E-state index contributed by atoms with van der Waals surface area (Å²) in [6.07, 6.45) is 0. The second-order valence-corrected chi connectivity index (χ2v) is 2.46. The van der Waals surface area contributed by atoms with E-state index in [-0.39, 0.29) is 0 Å². The van der Waals surface area contributed by atoms with Gasteiger partial charge in [-0.2, -0.15) is 0 Å². The molecule has 82 valence electrons. The van der Waals surface area contributed by atoms with Gasteiger partial charge in [0.25, 0.3) is 0 Å². The van der Waals surface area contributed by atoms with Gasteiger partial charge in [-0.25, -0.2) is 0 Å². The molecule has 4 N–H and O–H groups in total. The zero-order valence-electron chi connectivity index (χ0n) is 6.73. The molecule has 0 aliphatic rings. The summed E-state index contributed by atoms with van der Waals surface area (Å²) < 4.78 is 0. The molecular weight excluding hydrogens is 204 g/mol. The first-order valence-corrected chi connectivity index (χ1v) is 3.21. The monoisotopic (exact) mass is 212 g/mol. The molecule has 0 heterocycles. The van der Waals surface area contributed by atoms with E-state index in [0.29, 0.717) is 0 Å². The third-order valence-electron chi connectivity index (χ3n) is 1.69. The van der Waals surface area contributed by atoms with Crippen molar-refractivity contribution in [3.63, 3.8) is 0 Å².